The second kappa shape index (κ2) is 5.75. The summed E-state index contributed by atoms with van der Waals surface area (Å²) >= 11 is 0. The molecule has 0 aliphatic rings. The Morgan fingerprint density at radius 3 is 2.50 bits per heavy atom. The number of fused-ring (bicyclic) bond motifs is 1. The van der Waals surface area contributed by atoms with E-state index in [4.69, 9.17) is 10.2 Å². The predicted molar refractivity (Wildman–Crippen MR) is 81.1 cm³/mol. The lowest BCUT2D eigenvalue weighted by Crippen LogP contribution is -2.21. The molecule has 102 valence electrons. The maximum Gasteiger partial charge on any atom is 0.302 e. The average molecular weight is 267 g/mol. The molecule has 2 aromatic carbocycles. The Labute approximate surface area is 117 Å². The predicted octanol–water partition coefficient (Wildman–Crippen LogP) is 3.31. The smallest absolute Gasteiger partial charge is 0.302 e. The van der Waals surface area contributed by atoms with Crippen LogP contribution in [0, 0.1) is 0 Å². The van der Waals surface area contributed by atoms with E-state index in [9.17, 15) is 0 Å². The molecule has 4 nitrogen and oxygen atoms in total. The molecule has 0 aliphatic carbocycles. The van der Waals surface area contributed by atoms with Gasteiger partial charge in [-0.3, -0.25) is 4.90 Å². The molecule has 3 aromatic rings. The van der Waals surface area contributed by atoms with E-state index in [0.717, 1.165) is 29.8 Å². The number of nitrogens with two attached hydrogens (primary N) is 1. The second-order valence-electron chi connectivity index (χ2n) is 4.59. The molecule has 0 saturated carbocycles. The Morgan fingerprint density at radius 2 is 1.75 bits per heavy atom. The van der Waals surface area contributed by atoms with Crippen LogP contribution >= 0.6 is 0 Å². The number of hydrogen-bond acceptors (Lipinski definition) is 4. The largest absolute Gasteiger partial charge is 0.423 e. The number of nitrogens with zero attached hydrogens (tertiary/aromatic N) is 2. The van der Waals surface area contributed by atoms with Crippen LogP contribution in [0.1, 0.15) is 6.42 Å². The van der Waals surface area contributed by atoms with Crippen LogP contribution in [0.4, 0.5) is 11.7 Å². The molecule has 0 aliphatic heterocycles. The molecule has 20 heavy (non-hydrogen) atoms. The quantitative estimate of drug-likeness (QED) is 0.770. The van der Waals surface area contributed by atoms with Crippen molar-refractivity contribution in [3.05, 3.63) is 54.6 Å². The Balaban J connectivity index is 2.00. The first kappa shape index (κ1) is 12.7. The monoisotopic (exact) mass is 267 g/mol. The number of aromatic nitrogens is 1. The Morgan fingerprint density at radius 1 is 1.00 bits per heavy atom. The van der Waals surface area contributed by atoms with Gasteiger partial charge in [0, 0.05) is 12.2 Å². The molecular formula is C16H17N3O. The summed E-state index contributed by atoms with van der Waals surface area (Å²) in [5.41, 5.74) is 8.37. The van der Waals surface area contributed by atoms with Gasteiger partial charge in [0.25, 0.3) is 0 Å². The fraction of sp³-hybridized carbons (Fsp3) is 0.188. The zero-order chi connectivity index (χ0) is 13.8. The highest BCUT2D eigenvalue weighted by atomic mass is 16.4. The van der Waals surface area contributed by atoms with Crippen LogP contribution in [0.25, 0.3) is 11.1 Å². The minimum atomic E-state index is 0.617. The minimum absolute atomic E-state index is 0.617. The molecule has 4 heteroatoms. The maximum atomic E-state index is 5.86. The summed E-state index contributed by atoms with van der Waals surface area (Å²) in [5, 5.41) is 0. The molecule has 0 spiro atoms. The highest BCUT2D eigenvalue weighted by Gasteiger charge is 2.15. The van der Waals surface area contributed by atoms with Gasteiger partial charge in [-0.1, -0.05) is 30.3 Å². The fourth-order valence-electron chi connectivity index (χ4n) is 2.17. The van der Waals surface area contributed by atoms with Gasteiger partial charge in [0.15, 0.2) is 5.58 Å². The molecule has 0 saturated heterocycles. The third kappa shape index (κ3) is 2.51. The van der Waals surface area contributed by atoms with Crippen LogP contribution in [0.2, 0.25) is 0 Å². The summed E-state index contributed by atoms with van der Waals surface area (Å²) in [6.45, 7) is 1.43. The summed E-state index contributed by atoms with van der Waals surface area (Å²) in [5.74, 6) is 0. The van der Waals surface area contributed by atoms with Gasteiger partial charge < -0.3 is 10.2 Å². The summed E-state index contributed by atoms with van der Waals surface area (Å²) in [6.07, 6.45) is 0.883. The van der Waals surface area contributed by atoms with Gasteiger partial charge >= 0.3 is 6.01 Å². The van der Waals surface area contributed by atoms with E-state index in [0.29, 0.717) is 12.6 Å². The first-order chi connectivity index (χ1) is 9.88. The molecule has 0 atom stereocenters. The van der Waals surface area contributed by atoms with Gasteiger partial charge in [0.05, 0.1) is 0 Å². The molecular weight excluding hydrogens is 250 g/mol. The van der Waals surface area contributed by atoms with Crippen molar-refractivity contribution >= 4 is 22.8 Å². The van der Waals surface area contributed by atoms with Crippen molar-refractivity contribution in [3.63, 3.8) is 0 Å². The van der Waals surface area contributed by atoms with Crippen LogP contribution in [-0.2, 0) is 0 Å². The van der Waals surface area contributed by atoms with Gasteiger partial charge in [0.1, 0.15) is 5.52 Å². The zero-order valence-electron chi connectivity index (χ0n) is 11.2. The maximum absolute atomic E-state index is 5.86. The standard InChI is InChI=1S/C16H17N3O/c17-11-6-12-19(13-7-2-1-3-8-13)16-18-14-9-4-5-10-15(14)20-16/h1-5,7-10H,6,11-12,17H2. The third-order valence-corrected chi connectivity index (χ3v) is 3.17. The van der Waals surface area contributed by atoms with Crippen LogP contribution in [-0.4, -0.2) is 18.1 Å². The van der Waals surface area contributed by atoms with Crippen LogP contribution < -0.4 is 10.6 Å². The molecule has 0 amide bonds. The summed E-state index contributed by atoms with van der Waals surface area (Å²) in [7, 11) is 0. The van der Waals surface area contributed by atoms with Crippen molar-refractivity contribution < 1.29 is 4.42 Å². The van der Waals surface area contributed by atoms with Gasteiger partial charge in [0.2, 0.25) is 0 Å². The van der Waals surface area contributed by atoms with Crippen molar-refractivity contribution in [3.8, 4) is 0 Å². The number of anilines is 2. The average Bonchev–Trinajstić information content (AvgIpc) is 2.92. The van der Waals surface area contributed by atoms with E-state index in [1.165, 1.54) is 0 Å². The Kier molecular flexibility index (Phi) is 3.65. The van der Waals surface area contributed by atoms with E-state index in [1.54, 1.807) is 0 Å². The lowest BCUT2D eigenvalue weighted by atomic mass is 10.3. The zero-order valence-corrected chi connectivity index (χ0v) is 11.2. The molecule has 0 radical (unpaired) electrons. The third-order valence-electron chi connectivity index (χ3n) is 3.17. The van der Waals surface area contributed by atoms with Crippen LogP contribution in [0.15, 0.2) is 59.0 Å². The van der Waals surface area contributed by atoms with Crippen LogP contribution in [0.5, 0.6) is 0 Å². The number of rotatable bonds is 5. The highest BCUT2D eigenvalue weighted by Crippen LogP contribution is 2.28. The second-order valence-corrected chi connectivity index (χ2v) is 4.59. The van der Waals surface area contributed by atoms with Crippen molar-refractivity contribution in [2.24, 2.45) is 5.73 Å². The van der Waals surface area contributed by atoms with Crippen molar-refractivity contribution in [1.29, 1.82) is 0 Å². The topological polar surface area (TPSA) is 55.3 Å². The van der Waals surface area contributed by atoms with E-state index >= 15 is 0 Å². The highest BCUT2D eigenvalue weighted by molar-refractivity contribution is 5.75. The van der Waals surface area contributed by atoms with Gasteiger partial charge in [-0.2, -0.15) is 4.98 Å². The van der Waals surface area contributed by atoms with Crippen molar-refractivity contribution in [2.45, 2.75) is 6.42 Å². The number of hydrogen-bond donors (Lipinski definition) is 1. The van der Waals surface area contributed by atoms with E-state index in [1.807, 2.05) is 54.6 Å². The molecule has 0 unspecified atom stereocenters. The lowest BCUT2D eigenvalue weighted by Gasteiger charge is -2.20. The summed E-state index contributed by atoms with van der Waals surface area (Å²) in [4.78, 5) is 6.62. The van der Waals surface area contributed by atoms with Crippen molar-refractivity contribution in [2.75, 3.05) is 18.0 Å². The minimum Gasteiger partial charge on any atom is -0.423 e. The van der Waals surface area contributed by atoms with E-state index < -0.39 is 0 Å². The molecule has 0 fully saturated rings. The number of para-hydroxylation sites is 3. The van der Waals surface area contributed by atoms with Gasteiger partial charge in [-0.15, -0.1) is 0 Å². The number of benzene rings is 2. The van der Waals surface area contributed by atoms with Crippen LogP contribution in [0.3, 0.4) is 0 Å². The van der Waals surface area contributed by atoms with E-state index in [-0.39, 0.29) is 0 Å². The first-order valence-corrected chi connectivity index (χ1v) is 6.77. The summed E-state index contributed by atoms with van der Waals surface area (Å²) in [6, 6.07) is 18.5. The van der Waals surface area contributed by atoms with Gasteiger partial charge in [-0.05, 0) is 37.2 Å². The SMILES string of the molecule is NCCCN(c1ccccc1)c1nc2ccccc2o1. The lowest BCUT2D eigenvalue weighted by molar-refractivity contribution is 0.588. The summed E-state index contributed by atoms with van der Waals surface area (Å²) < 4.78 is 5.86. The molecule has 0 bridgehead atoms. The first-order valence-electron chi connectivity index (χ1n) is 6.77. The number of oxazole rings is 1. The molecule has 1 aromatic heterocycles. The molecule has 2 N–H and O–H groups in total. The normalized spacial score (nSPS) is 10.8. The Hall–Kier alpha value is -2.33. The van der Waals surface area contributed by atoms with Gasteiger partial charge in [-0.25, -0.2) is 0 Å². The fourth-order valence-corrected chi connectivity index (χ4v) is 2.17. The van der Waals surface area contributed by atoms with E-state index in [2.05, 4.69) is 9.88 Å². The molecule has 1 heterocycles. The molecule has 3 rings (SSSR count). The van der Waals surface area contributed by atoms with Crippen molar-refractivity contribution in [1.82, 2.24) is 4.98 Å². The Bertz CT molecular complexity index is 645.